The van der Waals surface area contributed by atoms with Crippen LogP contribution in [0.3, 0.4) is 0 Å². The SMILES string of the molecule is CC1OCCC1N(C)C(=O)c1ccc(I)c(O)c1. The lowest BCUT2D eigenvalue weighted by molar-refractivity contribution is 0.0574. The lowest BCUT2D eigenvalue weighted by Crippen LogP contribution is -2.40. The Bertz CT molecular complexity index is 464. The third kappa shape index (κ3) is 2.61. The molecule has 1 heterocycles. The van der Waals surface area contributed by atoms with Crippen molar-refractivity contribution in [3.63, 3.8) is 0 Å². The minimum absolute atomic E-state index is 0.0661. The van der Waals surface area contributed by atoms with Crippen LogP contribution in [-0.4, -0.2) is 41.7 Å². The van der Waals surface area contributed by atoms with Gasteiger partial charge in [-0.3, -0.25) is 4.79 Å². The van der Waals surface area contributed by atoms with E-state index in [1.165, 1.54) is 6.07 Å². The second-order valence-electron chi connectivity index (χ2n) is 4.51. The number of hydrogen-bond donors (Lipinski definition) is 1. The van der Waals surface area contributed by atoms with Gasteiger partial charge < -0.3 is 14.7 Å². The molecule has 5 heteroatoms. The van der Waals surface area contributed by atoms with E-state index in [-0.39, 0.29) is 23.8 Å². The number of phenols is 1. The summed E-state index contributed by atoms with van der Waals surface area (Å²) in [5.41, 5.74) is 0.509. The van der Waals surface area contributed by atoms with E-state index in [0.717, 1.165) is 9.99 Å². The molecular weight excluding hydrogens is 345 g/mol. The average Bonchev–Trinajstić information content (AvgIpc) is 2.77. The molecule has 0 saturated carbocycles. The van der Waals surface area contributed by atoms with Crippen LogP contribution in [0.2, 0.25) is 0 Å². The van der Waals surface area contributed by atoms with Crippen LogP contribution in [0.5, 0.6) is 5.75 Å². The van der Waals surface area contributed by atoms with Crippen molar-refractivity contribution in [2.24, 2.45) is 0 Å². The van der Waals surface area contributed by atoms with E-state index in [1.807, 2.05) is 29.5 Å². The second-order valence-corrected chi connectivity index (χ2v) is 5.68. The molecule has 0 radical (unpaired) electrons. The van der Waals surface area contributed by atoms with Crippen molar-refractivity contribution in [3.05, 3.63) is 27.3 Å². The Balaban J connectivity index is 2.17. The highest BCUT2D eigenvalue weighted by molar-refractivity contribution is 14.1. The second kappa shape index (κ2) is 5.44. The first kappa shape index (κ1) is 13.6. The summed E-state index contributed by atoms with van der Waals surface area (Å²) in [5.74, 6) is 0.0645. The van der Waals surface area contributed by atoms with Crippen LogP contribution in [-0.2, 0) is 4.74 Å². The van der Waals surface area contributed by atoms with E-state index in [9.17, 15) is 9.90 Å². The molecule has 1 aliphatic heterocycles. The Labute approximate surface area is 120 Å². The lowest BCUT2D eigenvalue weighted by atomic mass is 10.1. The Morgan fingerprint density at radius 1 is 1.56 bits per heavy atom. The predicted molar refractivity (Wildman–Crippen MR) is 76.7 cm³/mol. The third-order valence-corrected chi connectivity index (χ3v) is 4.26. The molecule has 98 valence electrons. The molecule has 2 unspecified atom stereocenters. The molecule has 0 spiro atoms. The van der Waals surface area contributed by atoms with Crippen LogP contribution in [0.25, 0.3) is 0 Å². The third-order valence-electron chi connectivity index (χ3n) is 3.35. The molecule has 2 atom stereocenters. The van der Waals surface area contributed by atoms with Gasteiger partial charge in [0, 0.05) is 19.2 Å². The van der Waals surface area contributed by atoms with Gasteiger partial charge in [0.15, 0.2) is 0 Å². The zero-order chi connectivity index (χ0) is 13.3. The van der Waals surface area contributed by atoms with Crippen LogP contribution < -0.4 is 0 Å². The molecule has 1 N–H and O–H groups in total. The number of ether oxygens (including phenoxy) is 1. The number of rotatable bonds is 2. The summed E-state index contributed by atoms with van der Waals surface area (Å²) < 4.78 is 6.21. The van der Waals surface area contributed by atoms with Gasteiger partial charge in [-0.25, -0.2) is 0 Å². The van der Waals surface area contributed by atoms with Crippen molar-refractivity contribution >= 4 is 28.5 Å². The van der Waals surface area contributed by atoms with Crippen LogP contribution in [0.4, 0.5) is 0 Å². The maximum absolute atomic E-state index is 12.3. The number of amides is 1. The number of phenolic OH excluding ortho intramolecular Hbond substituents is 1. The number of hydrogen-bond acceptors (Lipinski definition) is 3. The highest BCUT2D eigenvalue weighted by Gasteiger charge is 2.31. The van der Waals surface area contributed by atoms with Crippen LogP contribution in [0.15, 0.2) is 18.2 Å². The van der Waals surface area contributed by atoms with E-state index in [1.54, 1.807) is 24.1 Å². The van der Waals surface area contributed by atoms with Gasteiger partial charge in [-0.2, -0.15) is 0 Å². The minimum atomic E-state index is -0.0796. The number of aromatic hydroxyl groups is 1. The van der Waals surface area contributed by atoms with E-state index in [0.29, 0.717) is 12.2 Å². The first-order valence-electron chi connectivity index (χ1n) is 5.88. The van der Waals surface area contributed by atoms with Gasteiger partial charge in [-0.1, -0.05) is 0 Å². The lowest BCUT2D eigenvalue weighted by Gasteiger charge is -2.26. The molecule has 1 aromatic rings. The van der Waals surface area contributed by atoms with Crippen molar-refractivity contribution in [3.8, 4) is 5.75 Å². The Kier molecular flexibility index (Phi) is 4.11. The molecule has 18 heavy (non-hydrogen) atoms. The van der Waals surface area contributed by atoms with Gasteiger partial charge in [0.1, 0.15) is 5.75 Å². The molecule has 1 amide bonds. The largest absolute Gasteiger partial charge is 0.507 e. The summed E-state index contributed by atoms with van der Waals surface area (Å²) in [6.07, 6.45) is 0.927. The van der Waals surface area contributed by atoms with Crippen LogP contribution in [0, 0.1) is 3.57 Å². The zero-order valence-corrected chi connectivity index (χ0v) is 12.5. The van der Waals surface area contributed by atoms with Gasteiger partial charge >= 0.3 is 0 Å². The summed E-state index contributed by atoms with van der Waals surface area (Å²) in [6.45, 7) is 2.67. The van der Waals surface area contributed by atoms with Crippen molar-refractivity contribution in [2.45, 2.75) is 25.5 Å². The normalized spacial score (nSPS) is 23.1. The first-order valence-corrected chi connectivity index (χ1v) is 6.96. The predicted octanol–water partition coefficient (Wildman–Crippen LogP) is 2.25. The van der Waals surface area contributed by atoms with Crippen molar-refractivity contribution in [1.29, 1.82) is 0 Å². The van der Waals surface area contributed by atoms with Gasteiger partial charge in [0.2, 0.25) is 0 Å². The molecule has 1 aliphatic rings. The minimum Gasteiger partial charge on any atom is -0.507 e. The van der Waals surface area contributed by atoms with Crippen molar-refractivity contribution < 1.29 is 14.6 Å². The first-order chi connectivity index (χ1) is 8.50. The fourth-order valence-electron chi connectivity index (χ4n) is 2.23. The molecular formula is C13H16INO3. The topological polar surface area (TPSA) is 49.8 Å². The summed E-state index contributed by atoms with van der Waals surface area (Å²) >= 11 is 2.03. The molecule has 1 saturated heterocycles. The summed E-state index contributed by atoms with van der Waals surface area (Å²) in [4.78, 5) is 14.0. The van der Waals surface area contributed by atoms with Crippen molar-refractivity contribution in [1.82, 2.24) is 4.90 Å². The Morgan fingerprint density at radius 3 is 2.83 bits per heavy atom. The highest BCUT2D eigenvalue weighted by atomic mass is 127. The van der Waals surface area contributed by atoms with E-state index in [2.05, 4.69) is 0 Å². The van der Waals surface area contributed by atoms with E-state index < -0.39 is 0 Å². The zero-order valence-electron chi connectivity index (χ0n) is 10.4. The summed E-state index contributed by atoms with van der Waals surface area (Å²) in [5, 5.41) is 9.65. The molecule has 2 rings (SSSR count). The number of likely N-dealkylation sites (N-methyl/N-ethyl adjacent to an activating group) is 1. The number of benzene rings is 1. The standard InChI is InChI=1S/C13H16INO3/c1-8-11(5-6-18-8)15(2)13(17)9-3-4-10(14)12(16)7-9/h3-4,7-8,11,16H,5-6H2,1-2H3. The van der Waals surface area contributed by atoms with E-state index >= 15 is 0 Å². The highest BCUT2D eigenvalue weighted by Crippen LogP contribution is 2.24. The fourth-order valence-corrected chi connectivity index (χ4v) is 2.56. The number of halogens is 1. The molecule has 0 aliphatic carbocycles. The Morgan fingerprint density at radius 2 is 2.28 bits per heavy atom. The van der Waals surface area contributed by atoms with Crippen molar-refractivity contribution in [2.75, 3.05) is 13.7 Å². The average molecular weight is 361 g/mol. The van der Waals surface area contributed by atoms with Gasteiger partial charge in [-0.15, -0.1) is 0 Å². The molecule has 0 aromatic heterocycles. The summed E-state index contributed by atoms with van der Waals surface area (Å²) in [7, 11) is 1.78. The Hall–Kier alpha value is -0.820. The van der Waals surface area contributed by atoms with Crippen LogP contribution >= 0.6 is 22.6 Å². The fraction of sp³-hybridized carbons (Fsp3) is 0.462. The molecule has 1 aromatic carbocycles. The summed E-state index contributed by atoms with van der Waals surface area (Å²) in [6, 6.07) is 5.10. The number of carbonyl (C=O) groups is 1. The maximum Gasteiger partial charge on any atom is 0.254 e. The monoisotopic (exact) mass is 361 g/mol. The van der Waals surface area contributed by atoms with Gasteiger partial charge in [-0.05, 0) is 54.1 Å². The maximum atomic E-state index is 12.3. The van der Waals surface area contributed by atoms with Gasteiger partial charge in [0.05, 0.1) is 15.7 Å². The van der Waals surface area contributed by atoms with Gasteiger partial charge in [0.25, 0.3) is 5.91 Å². The van der Waals surface area contributed by atoms with E-state index in [4.69, 9.17) is 4.74 Å². The molecule has 4 nitrogen and oxygen atoms in total. The quantitative estimate of drug-likeness (QED) is 0.823. The van der Waals surface area contributed by atoms with Crippen LogP contribution in [0.1, 0.15) is 23.7 Å². The number of nitrogens with zero attached hydrogens (tertiary/aromatic N) is 1. The molecule has 0 bridgehead atoms. The molecule has 1 fully saturated rings. The number of carbonyl (C=O) groups excluding carboxylic acids is 1. The smallest absolute Gasteiger partial charge is 0.254 e.